The summed E-state index contributed by atoms with van der Waals surface area (Å²) in [6, 6.07) is 0. The van der Waals surface area contributed by atoms with E-state index in [9.17, 15) is 17.7 Å². The first-order valence-electron chi connectivity index (χ1n) is 7.05. The first-order valence-corrected chi connectivity index (χ1v) is 8.51. The Morgan fingerprint density at radius 3 is 2.15 bits per heavy atom. The third kappa shape index (κ3) is 6.12. The normalized spacial score (nSPS) is 28.9. The van der Waals surface area contributed by atoms with Crippen LogP contribution in [0.2, 0.25) is 0 Å². The van der Waals surface area contributed by atoms with Crippen LogP contribution in [0.15, 0.2) is 0 Å². The Kier molecular flexibility index (Phi) is 7.51. The molecule has 0 aromatic rings. The lowest BCUT2D eigenvalue weighted by molar-refractivity contribution is -0.228. The molecule has 0 aromatic heterocycles. The van der Waals surface area contributed by atoms with Crippen LogP contribution in [0.3, 0.4) is 0 Å². The van der Waals surface area contributed by atoms with Gasteiger partial charge in [-0.15, -0.1) is 0 Å². The highest BCUT2D eigenvalue weighted by molar-refractivity contribution is 7.48. The molecule has 1 rings (SSSR count). The molecule has 0 aromatic carbocycles. The van der Waals surface area contributed by atoms with Crippen LogP contribution in [0.1, 0.15) is 58.3 Å². The second kappa shape index (κ2) is 8.37. The average molecular weight is 318 g/mol. The van der Waals surface area contributed by atoms with Crippen molar-refractivity contribution in [3.8, 4) is 0 Å². The van der Waals surface area contributed by atoms with Gasteiger partial charge in [0.05, 0.1) is 6.61 Å². The molecule has 2 atom stereocenters. The highest BCUT2D eigenvalue weighted by Crippen LogP contribution is 2.62. The molecular weight excluding hydrogens is 296 g/mol. The minimum atomic E-state index is -4.44. The van der Waals surface area contributed by atoms with Crippen molar-refractivity contribution in [2.45, 2.75) is 70.8 Å². The summed E-state index contributed by atoms with van der Waals surface area (Å²) >= 11 is 0. The van der Waals surface area contributed by atoms with Gasteiger partial charge in [0.2, 0.25) is 0 Å². The van der Waals surface area contributed by atoms with Crippen LogP contribution < -0.4 is 0 Å². The Labute approximate surface area is 117 Å². The predicted molar refractivity (Wildman–Crippen MR) is 68.2 cm³/mol. The summed E-state index contributed by atoms with van der Waals surface area (Å²) < 4.78 is 61.6. The summed E-state index contributed by atoms with van der Waals surface area (Å²) in [7, 11) is -4.44. The lowest BCUT2D eigenvalue weighted by Crippen LogP contribution is -2.25. The van der Waals surface area contributed by atoms with Gasteiger partial charge in [0.15, 0.2) is 0 Å². The molecule has 0 aliphatic carbocycles. The van der Waals surface area contributed by atoms with Crippen molar-refractivity contribution < 1.29 is 31.3 Å². The molecule has 1 heterocycles. The van der Waals surface area contributed by atoms with E-state index < -0.39 is 20.3 Å². The molecule has 0 spiro atoms. The molecule has 0 N–H and O–H groups in total. The maximum Gasteiger partial charge on any atom is 0.482 e. The molecule has 0 amide bonds. The zero-order valence-corrected chi connectivity index (χ0v) is 12.5. The molecule has 1 fully saturated rings. The maximum absolute atomic E-state index is 12.6. The Bertz CT molecular complexity index is 328. The van der Waals surface area contributed by atoms with Crippen molar-refractivity contribution in [2.24, 2.45) is 0 Å². The van der Waals surface area contributed by atoms with E-state index in [-0.39, 0.29) is 6.61 Å². The number of phosphoric ester groups is 1. The average Bonchev–Trinajstić information content (AvgIpc) is 2.56. The highest BCUT2D eigenvalue weighted by atomic mass is 31.2. The van der Waals surface area contributed by atoms with Crippen LogP contribution in [0.5, 0.6) is 0 Å². The summed E-state index contributed by atoms with van der Waals surface area (Å²) in [5, 5.41) is 0. The molecule has 120 valence electrons. The van der Waals surface area contributed by atoms with Gasteiger partial charge in [-0.2, -0.15) is 8.78 Å². The van der Waals surface area contributed by atoms with Crippen molar-refractivity contribution in [3.05, 3.63) is 0 Å². The van der Waals surface area contributed by atoms with E-state index in [4.69, 9.17) is 0 Å². The Morgan fingerprint density at radius 1 is 1.10 bits per heavy atom. The van der Waals surface area contributed by atoms with Gasteiger partial charge in [-0.3, -0.25) is 4.52 Å². The van der Waals surface area contributed by atoms with E-state index in [1.54, 1.807) is 0 Å². The van der Waals surface area contributed by atoms with Crippen LogP contribution in [0.4, 0.5) is 13.2 Å². The molecule has 4 nitrogen and oxygen atoms in total. The number of hydrogen-bond acceptors (Lipinski definition) is 4. The maximum atomic E-state index is 12.6. The number of alkyl halides is 3. The van der Waals surface area contributed by atoms with Gasteiger partial charge < -0.3 is 0 Å². The molecule has 1 aliphatic rings. The molecule has 0 bridgehead atoms. The number of unbranched alkanes of at least 4 members (excludes halogenated alkanes) is 7. The van der Waals surface area contributed by atoms with E-state index in [0.29, 0.717) is 6.42 Å². The molecule has 1 aliphatic heterocycles. The quantitative estimate of drug-likeness (QED) is 0.411. The van der Waals surface area contributed by atoms with Crippen molar-refractivity contribution in [1.82, 2.24) is 0 Å². The van der Waals surface area contributed by atoms with E-state index in [1.807, 2.05) is 0 Å². The summed E-state index contributed by atoms with van der Waals surface area (Å²) in [5.74, 6) is 0. The van der Waals surface area contributed by atoms with Gasteiger partial charge in [-0.25, -0.2) is 18.0 Å². The van der Waals surface area contributed by atoms with Gasteiger partial charge in [0.25, 0.3) is 6.36 Å². The van der Waals surface area contributed by atoms with Crippen molar-refractivity contribution in [1.29, 1.82) is 0 Å². The van der Waals surface area contributed by atoms with E-state index in [2.05, 4.69) is 20.5 Å². The highest BCUT2D eigenvalue weighted by Gasteiger charge is 2.60. The first kappa shape index (κ1) is 18.0. The Balaban J connectivity index is 2.03. The second-order valence-corrected chi connectivity index (χ2v) is 6.38. The van der Waals surface area contributed by atoms with Gasteiger partial charge in [-0.05, 0) is 6.42 Å². The van der Waals surface area contributed by atoms with Crippen molar-refractivity contribution in [3.63, 3.8) is 0 Å². The third-order valence-electron chi connectivity index (χ3n) is 2.97. The lowest BCUT2D eigenvalue weighted by atomic mass is 10.1. The Hall–Kier alpha value is -0.100. The molecule has 8 heteroatoms. The standard InChI is InChI=1S/C12H22F3O4P/c1-2-3-4-5-6-7-8-9-10-17-20(16)18-11(13)12(14,15)19-20/h11H,2-10H2,1H3. The molecular formula is C12H22F3O4P. The monoisotopic (exact) mass is 318 g/mol. The van der Waals surface area contributed by atoms with Crippen LogP contribution in [-0.4, -0.2) is 19.1 Å². The number of rotatable bonds is 10. The Morgan fingerprint density at radius 2 is 1.65 bits per heavy atom. The molecule has 1 saturated heterocycles. The summed E-state index contributed by atoms with van der Waals surface area (Å²) in [6.45, 7) is 2.10. The lowest BCUT2D eigenvalue weighted by Gasteiger charge is -2.09. The molecule has 0 saturated carbocycles. The largest absolute Gasteiger partial charge is 0.482 e. The summed E-state index contributed by atoms with van der Waals surface area (Å²) in [5.41, 5.74) is 0. The summed E-state index contributed by atoms with van der Waals surface area (Å²) in [6.07, 6.45) is 1.08. The zero-order chi connectivity index (χ0) is 15.1. The number of hydrogen-bond donors (Lipinski definition) is 0. The van der Waals surface area contributed by atoms with E-state index >= 15 is 0 Å². The fourth-order valence-corrected chi connectivity index (χ4v) is 3.10. The van der Waals surface area contributed by atoms with Crippen LogP contribution in [-0.2, 0) is 18.1 Å². The SMILES string of the molecule is CCCCCCCCCCOP1(=O)OC(F)C(F)(F)O1. The van der Waals surface area contributed by atoms with E-state index in [0.717, 1.165) is 19.3 Å². The third-order valence-corrected chi connectivity index (χ3v) is 4.38. The minimum absolute atomic E-state index is 0.0466. The van der Waals surface area contributed by atoms with Gasteiger partial charge in [-0.1, -0.05) is 51.9 Å². The van der Waals surface area contributed by atoms with Gasteiger partial charge in [0.1, 0.15) is 0 Å². The fourth-order valence-electron chi connectivity index (χ4n) is 1.86. The minimum Gasteiger partial charge on any atom is -0.287 e. The van der Waals surface area contributed by atoms with E-state index in [1.165, 1.54) is 25.7 Å². The topological polar surface area (TPSA) is 44.8 Å². The van der Waals surface area contributed by atoms with Crippen LogP contribution in [0.25, 0.3) is 0 Å². The molecule has 0 radical (unpaired) electrons. The fraction of sp³-hybridized carbons (Fsp3) is 1.00. The van der Waals surface area contributed by atoms with Crippen molar-refractivity contribution in [2.75, 3.05) is 6.61 Å². The smallest absolute Gasteiger partial charge is 0.287 e. The van der Waals surface area contributed by atoms with Crippen LogP contribution >= 0.6 is 7.82 Å². The predicted octanol–water partition coefficient (Wildman–Crippen LogP) is 5.19. The first-order chi connectivity index (χ1) is 9.40. The second-order valence-electron chi connectivity index (χ2n) is 4.83. The van der Waals surface area contributed by atoms with Crippen molar-refractivity contribution >= 4 is 7.82 Å². The zero-order valence-electron chi connectivity index (χ0n) is 11.7. The number of halogens is 3. The number of phosphoric acid groups is 1. The van der Waals surface area contributed by atoms with Crippen LogP contribution in [0, 0.1) is 0 Å². The molecule has 20 heavy (non-hydrogen) atoms. The summed E-state index contributed by atoms with van der Waals surface area (Å²) in [4.78, 5) is 0. The van der Waals surface area contributed by atoms with Gasteiger partial charge >= 0.3 is 13.9 Å². The molecule has 2 unspecified atom stereocenters. The van der Waals surface area contributed by atoms with Gasteiger partial charge in [0, 0.05) is 0 Å².